The summed E-state index contributed by atoms with van der Waals surface area (Å²) in [4.78, 5) is 72.8. The van der Waals surface area contributed by atoms with E-state index >= 15 is 0 Å². The standard InChI is InChI=1S/C83H136O17P2/c1-5-9-13-17-21-25-29-33-36-38-41-44-47-51-55-59-63-67-80(85)93-73-78(99-82(87)69-65-61-57-53-49-43-32-28-24-20-16-12-8-4)75-97-101(89,90)95-71-77(84)72-96-102(91,92)98-76-79(100-83(88)70-66-62-58-54-50-46-40-35-31-27-23-19-15-11-7-3)74-94-81(86)68-64-60-56-52-48-45-42-39-37-34-30-26-22-18-14-10-6-2/h9-11,13-15,21-23,25-27,33-37,40,42,45,50,52,54,56,62,66,77-79,84H,5-8,12,16-20,24,28-32,38-39,41,43-44,46-49,51,53,55,57-61,63-65,67-76H2,1-4H3,(H,89,90)(H,91,92)/b13-9-,14-10-,15-11-,25-21-,26-22-,27-23-,36-33-,37-34-,40-35-,45-42-,54-50-,56-52-,66-62-. The minimum Gasteiger partial charge on any atom is -0.462 e. The molecule has 0 amide bonds. The van der Waals surface area contributed by atoms with E-state index in [1.165, 1.54) is 51.4 Å². The number of hydrogen-bond acceptors (Lipinski definition) is 15. The van der Waals surface area contributed by atoms with Crippen molar-refractivity contribution < 1.29 is 80.2 Å². The lowest BCUT2D eigenvalue weighted by Crippen LogP contribution is -2.30. The first kappa shape index (κ1) is 96.7. The Bertz CT molecular complexity index is 2550. The summed E-state index contributed by atoms with van der Waals surface area (Å²) in [6, 6.07) is 0. The van der Waals surface area contributed by atoms with Gasteiger partial charge in [-0.05, 0) is 122 Å². The van der Waals surface area contributed by atoms with Crippen LogP contribution in [0.4, 0.5) is 0 Å². The average Bonchev–Trinajstić information content (AvgIpc) is 0.939. The average molecular weight is 1470 g/mol. The van der Waals surface area contributed by atoms with Crippen LogP contribution in [0.15, 0.2) is 158 Å². The Morgan fingerprint density at radius 3 is 0.912 bits per heavy atom. The second kappa shape index (κ2) is 74.0. The number of allylic oxidation sites excluding steroid dienone is 25. The van der Waals surface area contributed by atoms with E-state index in [4.69, 9.17) is 37.0 Å². The van der Waals surface area contributed by atoms with Crippen LogP contribution in [0.25, 0.3) is 0 Å². The van der Waals surface area contributed by atoms with Gasteiger partial charge in [-0.2, -0.15) is 0 Å². The van der Waals surface area contributed by atoms with Crippen molar-refractivity contribution in [3.8, 4) is 0 Å². The second-order valence-electron chi connectivity index (χ2n) is 25.2. The lowest BCUT2D eigenvalue weighted by molar-refractivity contribution is -0.161. The molecule has 0 fully saturated rings. The van der Waals surface area contributed by atoms with Crippen molar-refractivity contribution in [2.75, 3.05) is 39.6 Å². The molecule has 0 radical (unpaired) electrons. The molecule has 0 aliphatic carbocycles. The maximum Gasteiger partial charge on any atom is 0.472 e. The molecule has 5 unspecified atom stereocenters. The topological polar surface area (TPSA) is 237 Å². The number of aliphatic hydroxyl groups excluding tert-OH is 1. The van der Waals surface area contributed by atoms with Crippen molar-refractivity contribution in [1.29, 1.82) is 0 Å². The molecule has 3 N–H and O–H groups in total. The van der Waals surface area contributed by atoms with Gasteiger partial charge in [-0.15, -0.1) is 0 Å². The Kier molecular flexibility index (Phi) is 70.1. The molecular weight excluding hydrogens is 1330 g/mol. The highest BCUT2D eigenvalue weighted by molar-refractivity contribution is 7.47. The second-order valence-corrected chi connectivity index (χ2v) is 28.1. The van der Waals surface area contributed by atoms with Gasteiger partial charge in [-0.3, -0.25) is 37.3 Å². The molecule has 0 aliphatic heterocycles. The molecule has 5 atom stereocenters. The Labute approximate surface area is 617 Å². The number of ether oxygens (including phenoxy) is 4. The number of carbonyl (C=O) groups excluding carboxylic acids is 4. The first-order valence-electron chi connectivity index (χ1n) is 38.7. The maximum atomic E-state index is 13.1. The summed E-state index contributed by atoms with van der Waals surface area (Å²) in [6.45, 7) is 4.34. The number of aliphatic hydroxyl groups is 1. The van der Waals surface area contributed by atoms with E-state index in [2.05, 4.69) is 149 Å². The molecule has 0 saturated carbocycles. The van der Waals surface area contributed by atoms with Crippen LogP contribution < -0.4 is 0 Å². The summed E-state index contributed by atoms with van der Waals surface area (Å²) < 4.78 is 68.3. The van der Waals surface area contributed by atoms with E-state index in [1.807, 2.05) is 24.3 Å². The third-order valence-electron chi connectivity index (χ3n) is 15.5. The van der Waals surface area contributed by atoms with Crippen LogP contribution in [0.1, 0.15) is 285 Å². The van der Waals surface area contributed by atoms with Crippen LogP contribution >= 0.6 is 15.6 Å². The first-order valence-corrected chi connectivity index (χ1v) is 41.7. The Morgan fingerprint density at radius 1 is 0.294 bits per heavy atom. The number of hydrogen-bond donors (Lipinski definition) is 3. The number of rotatable bonds is 71. The van der Waals surface area contributed by atoms with Gasteiger partial charge < -0.3 is 33.8 Å². The summed E-state index contributed by atoms with van der Waals surface area (Å²) in [5.41, 5.74) is 0. The zero-order chi connectivity index (χ0) is 74.6. The number of phosphoric ester groups is 2. The summed E-state index contributed by atoms with van der Waals surface area (Å²) >= 11 is 0. The van der Waals surface area contributed by atoms with Gasteiger partial charge in [-0.1, -0.05) is 295 Å². The first-order chi connectivity index (χ1) is 49.7. The largest absolute Gasteiger partial charge is 0.472 e. The Hall–Kier alpha value is -5.32. The fourth-order valence-electron chi connectivity index (χ4n) is 9.76. The zero-order valence-electron chi connectivity index (χ0n) is 63.2. The summed E-state index contributed by atoms with van der Waals surface area (Å²) in [7, 11) is -10.0. The fourth-order valence-corrected chi connectivity index (χ4v) is 11.3. The van der Waals surface area contributed by atoms with E-state index in [-0.39, 0.29) is 25.7 Å². The normalized spacial score (nSPS) is 14.8. The van der Waals surface area contributed by atoms with Gasteiger partial charge in [0.05, 0.1) is 32.8 Å². The lowest BCUT2D eigenvalue weighted by atomic mass is 10.0. The number of unbranched alkanes of at least 4 members (excludes halogenated alkanes) is 20. The van der Waals surface area contributed by atoms with Crippen LogP contribution in [0, 0.1) is 0 Å². The molecule has 102 heavy (non-hydrogen) atoms. The van der Waals surface area contributed by atoms with Crippen molar-refractivity contribution in [2.24, 2.45) is 0 Å². The van der Waals surface area contributed by atoms with Crippen LogP contribution in [0.2, 0.25) is 0 Å². The molecular formula is C83H136O17P2. The van der Waals surface area contributed by atoms with E-state index in [0.717, 1.165) is 148 Å². The molecule has 0 aromatic rings. The van der Waals surface area contributed by atoms with Crippen molar-refractivity contribution in [3.05, 3.63) is 158 Å². The molecule has 0 heterocycles. The van der Waals surface area contributed by atoms with E-state index in [9.17, 15) is 43.2 Å². The number of phosphoric acid groups is 2. The molecule has 0 aromatic heterocycles. The molecule has 19 heteroatoms. The molecule has 17 nitrogen and oxygen atoms in total. The monoisotopic (exact) mass is 1470 g/mol. The van der Waals surface area contributed by atoms with Crippen molar-refractivity contribution in [3.63, 3.8) is 0 Å². The zero-order valence-corrected chi connectivity index (χ0v) is 65.0. The predicted octanol–water partition coefficient (Wildman–Crippen LogP) is 22.4. The van der Waals surface area contributed by atoms with Crippen LogP contribution in [0.3, 0.4) is 0 Å². The van der Waals surface area contributed by atoms with E-state index < -0.39 is 97.5 Å². The highest BCUT2D eigenvalue weighted by atomic mass is 31.2. The van der Waals surface area contributed by atoms with Crippen molar-refractivity contribution >= 4 is 39.5 Å². The van der Waals surface area contributed by atoms with Gasteiger partial charge in [0, 0.05) is 19.3 Å². The molecule has 0 bridgehead atoms. The van der Waals surface area contributed by atoms with Crippen LogP contribution in [-0.2, 0) is 65.4 Å². The third-order valence-corrected chi connectivity index (χ3v) is 17.4. The van der Waals surface area contributed by atoms with Gasteiger partial charge in [-0.25, -0.2) is 9.13 Å². The Morgan fingerprint density at radius 2 is 0.559 bits per heavy atom. The molecule has 0 aliphatic rings. The van der Waals surface area contributed by atoms with Gasteiger partial charge in [0.15, 0.2) is 12.2 Å². The molecule has 0 aromatic carbocycles. The quantitative estimate of drug-likeness (QED) is 0.0169. The summed E-state index contributed by atoms with van der Waals surface area (Å²) in [5, 5.41) is 10.6. The van der Waals surface area contributed by atoms with E-state index in [0.29, 0.717) is 32.1 Å². The molecule has 0 spiro atoms. The molecule has 580 valence electrons. The number of esters is 4. The van der Waals surface area contributed by atoms with Gasteiger partial charge in [0.1, 0.15) is 19.3 Å². The third kappa shape index (κ3) is 73.0. The predicted molar refractivity (Wildman–Crippen MR) is 417 cm³/mol. The van der Waals surface area contributed by atoms with Crippen LogP contribution in [0.5, 0.6) is 0 Å². The van der Waals surface area contributed by atoms with Crippen molar-refractivity contribution in [2.45, 2.75) is 303 Å². The maximum absolute atomic E-state index is 13.1. The Balaban J connectivity index is 5.47. The fraction of sp³-hybridized carbons (Fsp3) is 0.639. The minimum absolute atomic E-state index is 0.0587. The lowest BCUT2D eigenvalue weighted by Gasteiger charge is -2.21. The van der Waals surface area contributed by atoms with Crippen LogP contribution in [-0.4, -0.2) is 96.7 Å². The van der Waals surface area contributed by atoms with Crippen molar-refractivity contribution in [1.82, 2.24) is 0 Å². The van der Waals surface area contributed by atoms with Gasteiger partial charge in [0.2, 0.25) is 0 Å². The minimum atomic E-state index is -5.02. The van der Waals surface area contributed by atoms with Gasteiger partial charge in [0.25, 0.3) is 0 Å². The van der Waals surface area contributed by atoms with Gasteiger partial charge >= 0.3 is 39.5 Å². The smallest absolute Gasteiger partial charge is 0.462 e. The molecule has 0 saturated heterocycles. The summed E-state index contributed by atoms with van der Waals surface area (Å²) in [5.74, 6) is -2.41. The highest BCUT2D eigenvalue weighted by Gasteiger charge is 2.30. The SMILES string of the molecule is CC/C=C\C/C=C\C/C=C\C/C=C\C/C=C\CCCC(=O)OCC(COP(=O)(O)OCC(O)COP(=O)(O)OCC(COC(=O)CCCCCCCCC/C=C\C/C=C\C/C=C\CC)OC(=O)CCCCCCCCCCCCCCC)OC(=O)C/C=C\C/C=C\C/C=C\C/C=C\C/C=C\CC. The van der Waals surface area contributed by atoms with E-state index in [1.54, 1.807) is 12.2 Å². The number of carbonyl (C=O) groups is 4. The molecule has 0 rings (SSSR count). The highest BCUT2D eigenvalue weighted by Crippen LogP contribution is 2.45. The summed E-state index contributed by atoms with van der Waals surface area (Å²) in [6.07, 6.45) is 85.6.